The molecule has 8 nitrogen and oxygen atoms in total. The van der Waals surface area contributed by atoms with Gasteiger partial charge in [0, 0.05) is 17.4 Å². The summed E-state index contributed by atoms with van der Waals surface area (Å²) in [5.74, 6) is -0.0923. The van der Waals surface area contributed by atoms with Crippen molar-refractivity contribution in [3.05, 3.63) is 90.3 Å². The first-order valence-corrected chi connectivity index (χ1v) is 10.9. The summed E-state index contributed by atoms with van der Waals surface area (Å²) in [6, 6.07) is 22.1. The van der Waals surface area contributed by atoms with Gasteiger partial charge in [-0.2, -0.15) is 5.10 Å². The zero-order valence-electron chi connectivity index (χ0n) is 19.6. The minimum absolute atomic E-state index is 0.0739. The van der Waals surface area contributed by atoms with Crippen molar-refractivity contribution in [2.75, 3.05) is 26.1 Å². The van der Waals surface area contributed by atoms with Crippen LogP contribution in [0.2, 0.25) is 0 Å². The molecule has 0 aliphatic rings. The number of hydrogen-bond acceptors (Lipinski definition) is 6. The number of amides is 1. The van der Waals surface area contributed by atoms with Crippen molar-refractivity contribution >= 4 is 17.6 Å². The number of aryl methyl sites for hydroxylation is 1. The topological polar surface area (TPSA) is 91.7 Å². The van der Waals surface area contributed by atoms with Crippen LogP contribution in [0, 0.1) is 6.92 Å². The fourth-order valence-electron chi connectivity index (χ4n) is 3.55. The Kier molecular flexibility index (Phi) is 7.11. The minimum Gasteiger partial charge on any atom is -0.493 e. The van der Waals surface area contributed by atoms with Crippen LogP contribution in [0.1, 0.15) is 16.1 Å². The summed E-state index contributed by atoms with van der Waals surface area (Å²) in [4.78, 5) is 25.4. The minimum atomic E-state index is -0.718. The van der Waals surface area contributed by atoms with E-state index in [0.29, 0.717) is 28.3 Å². The number of rotatable bonds is 8. The first kappa shape index (κ1) is 23.6. The molecule has 1 N–H and O–H groups in total. The molecule has 0 saturated heterocycles. The molecule has 1 amide bonds. The summed E-state index contributed by atoms with van der Waals surface area (Å²) >= 11 is 0. The molecule has 8 heteroatoms. The zero-order valence-corrected chi connectivity index (χ0v) is 19.6. The third-order valence-electron chi connectivity index (χ3n) is 5.38. The van der Waals surface area contributed by atoms with Crippen LogP contribution in [0.25, 0.3) is 16.8 Å². The van der Waals surface area contributed by atoms with E-state index in [-0.39, 0.29) is 5.69 Å². The smallest absolute Gasteiger partial charge is 0.360 e. The van der Waals surface area contributed by atoms with Crippen molar-refractivity contribution < 1.29 is 23.8 Å². The number of esters is 1. The summed E-state index contributed by atoms with van der Waals surface area (Å²) in [6.45, 7) is 1.43. The summed E-state index contributed by atoms with van der Waals surface area (Å²) in [6.07, 6.45) is 1.74. The van der Waals surface area contributed by atoms with Gasteiger partial charge in [0.25, 0.3) is 5.91 Å². The molecule has 0 saturated carbocycles. The average Bonchev–Trinajstić information content (AvgIpc) is 3.34. The van der Waals surface area contributed by atoms with E-state index in [1.807, 2.05) is 55.5 Å². The van der Waals surface area contributed by atoms with E-state index in [1.165, 1.54) is 7.11 Å². The van der Waals surface area contributed by atoms with Crippen molar-refractivity contribution in [1.29, 1.82) is 0 Å². The Hall–Kier alpha value is -4.59. The Morgan fingerprint density at radius 1 is 0.914 bits per heavy atom. The van der Waals surface area contributed by atoms with E-state index in [4.69, 9.17) is 14.2 Å². The second-order valence-corrected chi connectivity index (χ2v) is 7.68. The van der Waals surface area contributed by atoms with Crippen molar-refractivity contribution in [2.24, 2.45) is 0 Å². The predicted molar refractivity (Wildman–Crippen MR) is 132 cm³/mol. The van der Waals surface area contributed by atoms with Crippen molar-refractivity contribution in [1.82, 2.24) is 9.78 Å². The zero-order chi connectivity index (χ0) is 24.8. The lowest BCUT2D eigenvalue weighted by Gasteiger charge is -2.10. The molecule has 0 atom stereocenters. The Bertz CT molecular complexity index is 1350. The van der Waals surface area contributed by atoms with Crippen LogP contribution in [0.15, 0.2) is 79.0 Å². The highest BCUT2D eigenvalue weighted by Gasteiger charge is 2.22. The highest BCUT2D eigenvalue weighted by atomic mass is 16.5. The van der Waals surface area contributed by atoms with Gasteiger partial charge in [0.05, 0.1) is 19.9 Å². The molecule has 4 aromatic rings. The van der Waals surface area contributed by atoms with Gasteiger partial charge in [-0.25, -0.2) is 9.48 Å². The van der Waals surface area contributed by atoms with Gasteiger partial charge < -0.3 is 19.5 Å². The molecule has 4 rings (SSSR count). The molecule has 35 heavy (non-hydrogen) atoms. The van der Waals surface area contributed by atoms with Crippen LogP contribution in [0.4, 0.5) is 5.69 Å². The van der Waals surface area contributed by atoms with E-state index >= 15 is 0 Å². The number of nitrogens with one attached hydrogen (secondary N) is 1. The maximum atomic E-state index is 13.1. The highest BCUT2D eigenvalue weighted by Crippen LogP contribution is 2.34. The van der Waals surface area contributed by atoms with Gasteiger partial charge in [-0.05, 0) is 48.4 Å². The molecular formula is C27H25N3O5. The lowest BCUT2D eigenvalue weighted by Crippen LogP contribution is -2.21. The van der Waals surface area contributed by atoms with Crippen molar-refractivity contribution in [3.8, 4) is 28.3 Å². The van der Waals surface area contributed by atoms with Crippen LogP contribution in [-0.2, 0) is 9.53 Å². The quantitative estimate of drug-likeness (QED) is 0.376. The third kappa shape index (κ3) is 5.33. The number of benzene rings is 3. The lowest BCUT2D eigenvalue weighted by molar-refractivity contribution is -0.119. The van der Waals surface area contributed by atoms with Crippen molar-refractivity contribution in [2.45, 2.75) is 6.92 Å². The molecular weight excluding hydrogens is 446 g/mol. The van der Waals surface area contributed by atoms with Gasteiger partial charge >= 0.3 is 5.97 Å². The summed E-state index contributed by atoms with van der Waals surface area (Å²) in [7, 11) is 3.09. The number of para-hydroxylation sites is 2. The van der Waals surface area contributed by atoms with Crippen LogP contribution in [0.3, 0.4) is 0 Å². The van der Waals surface area contributed by atoms with Gasteiger partial charge in [-0.3, -0.25) is 4.79 Å². The largest absolute Gasteiger partial charge is 0.493 e. The second-order valence-electron chi connectivity index (χ2n) is 7.68. The van der Waals surface area contributed by atoms with Gasteiger partial charge in [-0.1, -0.05) is 42.5 Å². The normalized spacial score (nSPS) is 10.5. The van der Waals surface area contributed by atoms with Crippen LogP contribution in [0.5, 0.6) is 11.5 Å². The predicted octanol–water partition coefficient (Wildman–Crippen LogP) is 4.66. The molecule has 178 valence electrons. The SMILES string of the molecule is COc1ccc(-c2cn(-c3ccccc3)nc2C(=O)OCC(=O)Nc2ccccc2C)cc1OC. The van der Waals surface area contributed by atoms with Crippen LogP contribution in [-0.4, -0.2) is 42.5 Å². The first-order chi connectivity index (χ1) is 17.0. The maximum absolute atomic E-state index is 13.1. The number of anilines is 1. The molecule has 3 aromatic carbocycles. The van der Waals surface area contributed by atoms with E-state index in [1.54, 1.807) is 42.3 Å². The maximum Gasteiger partial charge on any atom is 0.360 e. The monoisotopic (exact) mass is 471 g/mol. The molecule has 1 heterocycles. The fourth-order valence-corrected chi connectivity index (χ4v) is 3.55. The summed E-state index contributed by atoms with van der Waals surface area (Å²) < 4.78 is 17.7. The van der Waals surface area contributed by atoms with Gasteiger partial charge in [0.1, 0.15) is 0 Å². The Balaban J connectivity index is 1.61. The molecule has 1 aromatic heterocycles. The Morgan fingerprint density at radius 3 is 2.34 bits per heavy atom. The number of methoxy groups -OCH3 is 2. The second kappa shape index (κ2) is 10.6. The fraction of sp³-hybridized carbons (Fsp3) is 0.148. The number of ether oxygens (including phenoxy) is 3. The molecule has 0 bridgehead atoms. The molecule has 0 fully saturated rings. The van der Waals surface area contributed by atoms with Gasteiger partial charge in [-0.15, -0.1) is 0 Å². The Labute approximate surface area is 203 Å². The summed E-state index contributed by atoms with van der Waals surface area (Å²) in [5, 5.41) is 7.22. The molecule has 0 aliphatic heterocycles. The van der Waals surface area contributed by atoms with Crippen molar-refractivity contribution in [3.63, 3.8) is 0 Å². The highest BCUT2D eigenvalue weighted by molar-refractivity contribution is 5.98. The molecule has 0 unspecified atom stereocenters. The van der Waals surface area contributed by atoms with Crippen LogP contribution < -0.4 is 14.8 Å². The molecule has 0 radical (unpaired) electrons. The standard InChI is InChI=1S/C27H25N3O5/c1-18-9-7-8-12-22(18)28-25(31)17-35-27(32)26-21(16-30(29-26)20-10-5-4-6-11-20)19-13-14-23(33-2)24(15-19)34-3/h4-16H,17H2,1-3H3,(H,28,31). The van der Waals surface area contributed by atoms with E-state index in [2.05, 4.69) is 10.4 Å². The lowest BCUT2D eigenvalue weighted by atomic mass is 10.1. The van der Waals surface area contributed by atoms with E-state index in [9.17, 15) is 9.59 Å². The number of carbonyl (C=O) groups excluding carboxylic acids is 2. The van der Waals surface area contributed by atoms with Gasteiger partial charge in [0.15, 0.2) is 23.8 Å². The van der Waals surface area contributed by atoms with E-state index < -0.39 is 18.5 Å². The van der Waals surface area contributed by atoms with Crippen LogP contribution >= 0.6 is 0 Å². The number of aromatic nitrogens is 2. The van der Waals surface area contributed by atoms with E-state index in [0.717, 1.165) is 11.3 Å². The van der Waals surface area contributed by atoms with Gasteiger partial charge in [0.2, 0.25) is 0 Å². The first-order valence-electron chi connectivity index (χ1n) is 10.9. The number of nitrogens with zero attached hydrogens (tertiary/aromatic N) is 2. The number of hydrogen-bond donors (Lipinski definition) is 1. The average molecular weight is 472 g/mol. The third-order valence-corrected chi connectivity index (χ3v) is 5.38. The molecule has 0 spiro atoms. The summed E-state index contributed by atoms with van der Waals surface area (Å²) in [5.41, 5.74) is 3.62. The Morgan fingerprint density at radius 2 is 1.63 bits per heavy atom. The number of carbonyl (C=O) groups is 2. The molecule has 0 aliphatic carbocycles.